The van der Waals surface area contributed by atoms with Crippen molar-refractivity contribution in [2.45, 2.75) is 17.7 Å². The summed E-state index contributed by atoms with van der Waals surface area (Å²) in [7, 11) is 0.0215. The molecule has 0 saturated heterocycles. The van der Waals surface area contributed by atoms with Crippen molar-refractivity contribution in [3.05, 3.63) is 57.3 Å². The first kappa shape index (κ1) is 22.3. The zero-order chi connectivity index (χ0) is 21.3. The summed E-state index contributed by atoms with van der Waals surface area (Å²) in [5.41, 5.74) is 17.8. The van der Waals surface area contributed by atoms with Gasteiger partial charge in [0.25, 0.3) is 0 Å². The minimum absolute atomic E-state index is 0.208. The van der Waals surface area contributed by atoms with Crippen molar-refractivity contribution >= 4 is 26.5 Å². The van der Waals surface area contributed by atoms with Crippen molar-refractivity contribution in [2.24, 2.45) is 10.2 Å². The molecule has 29 heavy (non-hydrogen) atoms. The van der Waals surface area contributed by atoms with Gasteiger partial charge in [0.05, 0.1) is 4.90 Å². The van der Waals surface area contributed by atoms with Gasteiger partial charge in [-0.2, -0.15) is 4.31 Å². The lowest BCUT2D eigenvalue weighted by Gasteiger charge is -2.23. The van der Waals surface area contributed by atoms with Gasteiger partial charge in [0.2, 0.25) is 10.0 Å². The van der Waals surface area contributed by atoms with Crippen LogP contribution in [0.2, 0.25) is 0 Å². The molecule has 0 saturated carbocycles. The van der Waals surface area contributed by atoms with Crippen molar-refractivity contribution in [3.8, 4) is 0 Å². The van der Waals surface area contributed by atoms with Gasteiger partial charge in [-0.15, -0.1) is 0 Å². The van der Waals surface area contributed by atoms with E-state index in [1.807, 2.05) is 37.2 Å². The van der Waals surface area contributed by atoms with Crippen LogP contribution in [0.25, 0.3) is 31.7 Å². The second kappa shape index (κ2) is 10.5. The maximum Gasteiger partial charge on any atom is 0.243 e. The third kappa shape index (κ3) is 5.52. The lowest BCUT2D eigenvalue weighted by Crippen LogP contribution is -2.33. The fourth-order valence-electron chi connectivity index (χ4n) is 3.10. The summed E-state index contributed by atoms with van der Waals surface area (Å²) < 4.78 is 28.3. The van der Waals surface area contributed by atoms with E-state index < -0.39 is 10.0 Å². The zero-order valence-corrected chi connectivity index (χ0v) is 17.3. The molecule has 0 aliphatic rings. The standard InChI is InChI=1S/C18H24N8O2S/c1-25(2)17-9-3-8-16-15(17)7-4-10-18(16)29(27,28)26(13-5-11-21-23-19)14-6-12-22-24-20/h3-4,7-10H,5-6,11-14H2,1-2H3. The number of hydrogen-bond acceptors (Lipinski definition) is 5. The molecule has 11 heteroatoms. The fourth-order valence-corrected chi connectivity index (χ4v) is 4.82. The van der Waals surface area contributed by atoms with Crippen LogP contribution < -0.4 is 4.90 Å². The Bertz CT molecular complexity index is 1020. The fraction of sp³-hybridized carbons (Fsp3) is 0.444. The molecular weight excluding hydrogens is 392 g/mol. The molecule has 0 N–H and O–H groups in total. The third-order valence-corrected chi connectivity index (χ3v) is 6.37. The van der Waals surface area contributed by atoms with Gasteiger partial charge in [0.15, 0.2) is 0 Å². The van der Waals surface area contributed by atoms with Crippen molar-refractivity contribution in [3.63, 3.8) is 0 Å². The van der Waals surface area contributed by atoms with E-state index >= 15 is 0 Å². The number of nitrogens with zero attached hydrogens (tertiary/aromatic N) is 8. The summed E-state index contributed by atoms with van der Waals surface area (Å²) in [4.78, 5) is 7.58. The van der Waals surface area contributed by atoms with Gasteiger partial charge < -0.3 is 4.90 Å². The molecule has 154 valence electrons. The van der Waals surface area contributed by atoms with E-state index in [9.17, 15) is 8.42 Å². The second-order valence-electron chi connectivity index (χ2n) is 6.54. The average molecular weight is 417 g/mol. The van der Waals surface area contributed by atoms with E-state index in [0.717, 1.165) is 11.1 Å². The molecule has 0 fully saturated rings. The maximum absolute atomic E-state index is 13.5. The summed E-state index contributed by atoms with van der Waals surface area (Å²) in [5.74, 6) is 0. The van der Waals surface area contributed by atoms with Crippen LogP contribution in [-0.4, -0.2) is 53.0 Å². The van der Waals surface area contributed by atoms with E-state index in [1.54, 1.807) is 18.2 Å². The first-order chi connectivity index (χ1) is 13.9. The highest BCUT2D eigenvalue weighted by Crippen LogP contribution is 2.31. The molecule has 0 unspecified atom stereocenters. The molecule has 0 heterocycles. The van der Waals surface area contributed by atoms with Gasteiger partial charge in [-0.1, -0.05) is 34.5 Å². The largest absolute Gasteiger partial charge is 0.377 e. The molecular formula is C18H24N8O2S. The van der Waals surface area contributed by atoms with Crippen molar-refractivity contribution in [1.29, 1.82) is 0 Å². The number of hydrogen-bond donors (Lipinski definition) is 0. The summed E-state index contributed by atoms with van der Waals surface area (Å²) in [6, 6.07) is 10.8. The molecule has 2 aromatic carbocycles. The van der Waals surface area contributed by atoms with Gasteiger partial charge >= 0.3 is 0 Å². The summed E-state index contributed by atoms with van der Waals surface area (Å²) in [5, 5.41) is 8.45. The number of sulfonamides is 1. The van der Waals surface area contributed by atoms with Crippen LogP contribution in [0.1, 0.15) is 12.8 Å². The highest BCUT2D eigenvalue weighted by Gasteiger charge is 2.26. The van der Waals surface area contributed by atoms with Crippen LogP contribution in [0.4, 0.5) is 5.69 Å². The van der Waals surface area contributed by atoms with Crippen molar-refractivity contribution in [2.75, 3.05) is 45.2 Å². The van der Waals surface area contributed by atoms with Crippen LogP contribution in [0.5, 0.6) is 0 Å². The normalized spacial score (nSPS) is 11.1. The Kier molecular flexibility index (Phi) is 8.11. The van der Waals surface area contributed by atoms with Crippen LogP contribution in [0, 0.1) is 0 Å². The van der Waals surface area contributed by atoms with Crippen molar-refractivity contribution < 1.29 is 8.42 Å². The van der Waals surface area contributed by atoms with Gasteiger partial charge in [-0.3, -0.25) is 0 Å². The number of benzene rings is 2. The summed E-state index contributed by atoms with van der Waals surface area (Å²) in [6.45, 7) is 0.834. The van der Waals surface area contributed by atoms with Crippen LogP contribution in [-0.2, 0) is 10.0 Å². The molecule has 0 amide bonds. The van der Waals surface area contributed by atoms with E-state index in [1.165, 1.54) is 4.31 Å². The molecule has 0 atom stereocenters. The van der Waals surface area contributed by atoms with E-state index in [0.29, 0.717) is 18.2 Å². The van der Waals surface area contributed by atoms with Crippen molar-refractivity contribution in [1.82, 2.24) is 4.31 Å². The van der Waals surface area contributed by atoms with Gasteiger partial charge in [-0.05, 0) is 36.0 Å². The Labute approximate surface area is 170 Å². The van der Waals surface area contributed by atoms with E-state index in [-0.39, 0.29) is 31.1 Å². The number of fused-ring (bicyclic) bond motifs is 1. The molecule has 10 nitrogen and oxygen atoms in total. The topological polar surface area (TPSA) is 138 Å². The quantitative estimate of drug-likeness (QED) is 0.233. The number of anilines is 1. The highest BCUT2D eigenvalue weighted by molar-refractivity contribution is 7.89. The molecule has 0 aliphatic heterocycles. The maximum atomic E-state index is 13.5. The Morgan fingerprint density at radius 3 is 2.00 bits per heavy atom. The molecule has 0 aromatic heterocycles. The van der Waals surface area contributed by atoms with Gasteiger partial charge in [0, 0.05) is 66.6 Å². The predicted molar refractivity (Wildman–Crippen MR) is 114 cm³/mol. The lowest BCUT2D eigenvalue weighted by molar-refractivity contribution is 0.402. The Balaban J connectivity index is 2.44. The first-order valence-corrected chi connectivity index (χ1v) is 10.6. The minimum Gasteiger partial charge on any atom is -0.377 e. The SMILES string of the molecule is CN(C)c1cccc2c(S(=O)(=O)N(CCCN=[N+]=[N-])CCCN=[N+]=[N-])cccc12. The van der Waals surface area contributed by atoms with E-state index in [2.05, 4.69) is 20.1 Å². The predicted octanol–water partition coefficient (Wildman–Crippen LogP) is 4.30. The summed E-state index contributed by atoms with van der Waals surface area (Å²) in [6.07, 6.45) is 0.803. The highest BCUT2D eigenvalue weighted by atomic mass is 32.2. The second-order valence-corrected chi connectivity index (χ2v) is 8.45. The number of azide groups is 2. The molecule has 2 rings (SSSR count). The lowest BCUT2D eigenvalue weighted by atomic mass is 10.1. The Morgan fingerprint density at radius 2 is 1.45 bits per heavy atom. The Morgan fingerprint density at radius 1 is 0.897 bits per heavy atom. The van der Waals surface area contributed by atoms with Crippen LogP contribution in [0.3, 0.4) is 0 Å². The molecule has 0 aliphatic carbocycles. The zero-order valence-electron chi connectivity index (χ0n) is 16.5. The first-order valence-electron chi connectivity index (χ1n) is 9.14. The molecule has 0 bridgehead atoms. The minimum atomic E-state index is -3.80. The Hall–Kier alpha value is -2.97. The van der Waals surface area contributed by atoms with Gasteiger partial charge in [0.1, 0.15) is 0 Å². The average Bonchev–Trinajstić information content (AvgIpc) is 2.71. The monoisotopic (exact) mass is 416 g/mol. The van der Waals surface area contributed by atoms with Crippen LogP contribution in [0.15, 0.2) is 51.5 Å². The van der Waals surface area contributed by atoms with E-state index in [4.69, 9.17) is 11.1 Å². The number of rotatable bonds is 11. The molecule has 0 spiro atoms. The molecule has 0 radical (unpaired) electrons. The van der Waals surface area contributed by atoms with Gasteiger partial charge in [-0.25, -0.2) is 8.42 Å². The molecule has 2 aromatic rings. The summed E-state index contributed by atoms with van der Waals surface area (Å²) >= 11 is 0. The van der Waals surface area contributed by atoms with Crippen LogP contribution >= 0.6 is 0 Å². The third-order valence-electron chi connectivity index (χ3n) is 4.42. The smallest absolute Gasteiger partial charge is 0.243 e.